The average Bonchev–Trinajstić information content (AvgIpc) is 2.39. The molecule has 1 atom stereocenters. The quantitative estimate of drug-likeness (QED) is 0.837. The second-order valence-electron chi connectivity index (χ2n) is 4.51. The summed E-state index contributed by atoms with van der Waals surface area (Å²) in [6, 6.07) is 6.69. The number of rotatable bonds is 6. The molecule has 2 N–H and O–H groups in total. The van der Waals surface area contributed by atoms with Gasteiger partial charge in [-0.2, -0.15) is 0 Å². The van der Waals surface area contributed by atoms with Crippen molar-refractivity contribution < 1.29 is 19.4 Å². The minimum absolute atomic E-state index is 0.145. The lowest BCUT2D eigenvalue weighted by molar-refractivity contribution is -0.141. The van der Waals surface area contributed by atoms with E-state index in [1.54, 1.807) is 38.2 Å². The molecular formula is C14H20N2O4. The van der Waals surface area contributed by atoms with Crippen molar-refractivity contribution in [2.75, 3.05) is 25.5 Å². The molecule has 0 aliphatic heterocycles. The molecule has 0 saturated carbocycles. The van der Waals surface area contributed by atoms with Gasteiger partial charge < -0.3 is 20.1 Å². The van der Waals surface area contributed by atoms with E-state index in [0.29, 0.717) is 18.0 Å². The number of urea groups is 1. The first-order valence-electron chi connectivity index (χ1n) is 6.41. The van der Waals surface area contributed by atoms with Gasteiger partial charge in [0.25, 0.3) is 0 Å². The third-order valence-corrected chi connectivity index (χ3v) is 2.71. The van der Waals surface area contributed by atoms with E-state index in [9.17, 15) is 9.59 Å². The summed E-state index contributed by atoms with van der Waals surface area (Å²) in [6.07, 6.45) is 0. The lowest BCUT2D eigenvalue weighted by atomic mass is 10.2. The summed E-state index contributed by atoms with van der Waals surface area (Å²) in [5, 5.41) is 11.5. The van der Waals surface area contributed by atoms with Crippen molar-refractivity contribution in [3.63, 3.8) is 0 Å². The smallest absolute Gasteiger partial charge is 0.321 e. The van der Waals surface area contributed by atoms with Gasteiger partial charge in [-0.25, -0.2) is 4.79 Å². The molecule has 20 heavy (non-hydrogen) atoms. The Morgan fingerprint density at radius 1 is 1.45 bits per heavy atom. The van der Waals surface area contributed by atoms with Crippen molar-refractivity contribution in [2.24, 2.45) is 5.92 Å². The zero-order chi connectivity index (χ0) is 15.1. The average molecular weight is 280 g/mol. The van der Waals surface area contributed by atoms with E-state index in [4.69, 9.17) is 9.84 Å². The van der Waals surface area contributed by atoms with Crippen molar-refractivity contribution in [2.45, 2.75) is 13.8 Å². The van der Waals surface area contributed by atoms with Crippen LogP contribution < -0.4 is 10.1 Å². The highest BCUT2D eigenvalue weighted by Gasteiger charge is 2.17. The molecule has 0 heterocycles. The van der Waals surface area contributed by atoms with E-state index in [1.165, 1.54) is 4.90 Å². The zero-order valence-corrected chi connectivity index (χ0v) is 11.9. The van der Waals surface area contributed by atoms with Gasteiger partial charge in [-0.15, -0.1) is 0 Å². The Morgan fingerprint density at radius 2 is 2.15 bits per heavy atom. The molecule has 110 valence electrons. The predicted molar refractivity (Wildman–Crippen MR) is 76.1 cm³/mol. The van der Waals surface area contributed by atoms with Crippen LogP contribution in [0, 0.1) is 5.92 Å². The number of anilines is 1. The Morgan fingerprint density at radius 3 is 2.75 bits per heavy atom. The lowest BCUT2D eigenvalue weighted by Gasteiger charge is -2.20. The molecule has 1 aromatic carbocycles. The van der Waals surface area contributed by atoms with Gasteiger partial charge in [0.2, 0.25) is 0 Å². The van der Waals surface area contributed by atoms with Gasteiger partial charge in [0.05, 0.1) is 12.5 Å². The van der Waals surface area contributed by atoms with Gasteiger partial charge in [-0.05, 0) is 19.1 Å². The molecule has 0 bridgehead atoms. The van der Waals surface area contributed by atoms with Gasteiger partial charge in [0, 0.05) is 25.3 Å². The number of aliphatic carboxylic acids is 1. The molecular weight excluding hydrogens is 260 g/mol. The molecule has 6 heteroatoms. The van der Waals surface area contributed by atoms with E-state index in [0.717, 1.165) is 0 Å². The van der Waals surface area contributed by atoms with Gasteiger partial charge in [0.1, 0.15) is 5.75 Å². The molecule has 1 aromatic rings. The summed E-state index contributed by atoms with van der Waals surface area (Å²) in [6.45, 7) is 4.13. The fourth-order valence-corrected chi connectivity index (χ4v) is 1.62. The third-order valence-electron chi connectivity index (χ3n) is 2.71. The van der Waals surface area contributed by atoms with E-state index < -0.39 is 11.9 Å². The van der Waals surface area contributed by atoms with Crippen LogP contribution in [0.1, 0.15) is 13.8 Å². The lowest BCUT2D eigenvalue weighted by Crippen LogP contribution is -2.36. The molecule has 2 amide bonds. The van der Waals surface area contributed by atoms with E-state index >= 15 is 0 Å². The molecule has 0 aromatic heterocycles. The maximum atomic E-state index is 11.9. The number of hydrogen-bond acceptors (Lipinski definition) is 3. The largest absolute Gasteiger partial charge is 0.494 e. The maximum absolute atomic E-state index is 11.9. The van der Waals surface area contributed by atoms with Crippen molar-refractivity contribution in [3.8, 4) is 5.75 Å². The number of nitrogens with zero attached hydrogens (tertiary/aromatic N) is 1. The van der Waals surface area contributed by atoms with Gasteiger partial charge in [0.15, 0.2) is 0 Å². The van der Waals surface area contributed by atoms with Crippen LogP contribution in [0.2, 0.25) is 0 Å². The van der Waals surface area contributed by atoms with Crippen LogP contribution in [0.25, 0.3) is 0 Å². The number of carboxylic acid groups (broad SMARTS) is 1. The number of ether oxygens (including phenoxy) is 1. The molecule has 1 unspecified atom stereocenters. The van der Waals surface area contributed by atoms with Crippen molar-refractivity contribution >= 4 is 17.7 Å². The van der Waals surface area contributed by atoms with Crippen LogP contribution in [0.15, 0.2) is 24.3 Å². The summed E-state index contributed by atoms with van der Waals surface area (Å²) in [7, 11) is 1.56. The summed E-state index contributed by atoms with van der Waals surface area (Å²) in [5.74, 6) is -0.865. The first-order chi connectivity index (χ1) is 9.43. The molecule has 0 saturated heterocycles. The van der Waals surface area contributed by atoms with Crippen LogP contribution in [0.3, 0.4) is 0 Å². The predicted octanol–water partition coefficient (Wildman–Crippen LogP) is 2.27. The Bertz CT molecular complexity index is 476. The molecule has 0 fully saturated rings. The van der Waals surface area contributed by atoms with E-state index in [-0.39, 0.29) is 12.6 Å². The molecule has 6 nitrogen and oxygen atoms in total. The minimum Gasteiger partial charge on any atom is -0.494 e. The normalized spacial score (nSPS) is 11.6. The Kier molecular flexibility index (Phi) is 5.83. The number of nitrogens with one attached hydrogen (secondary N) is 1. The molecule has 0 aliphatic rings. The summed E-state index contributed by atoms with van der Waals surface area (Å²) in [4.78, 5) is 24.0. The number of carboxylic acids is 1. The third kappa shape index (κ3) is 4.79. The van der Waals surface area contributed by atoms with E-state index in [2.05, 4.69) is 5.32 Å². The Balaban J connectivity index is 2.61. The number of hydrogen-bond donors (Lipinski definition) is 2. The second kappa shape index (κ2) is 7.37. The molecule has 1 rings (SSSR count). The SMILES string of the molecule is CCOc1cccc(NC(=O)N(C)CC(C)C(=O)O)c1. The van der Waals surface area contributed by atoms with Gasteiger partial charge in [-0.3, -0.25) is 4.79 Å². The number of carbonyl (C=O) groups excluding carboxylic acids is 1. The Hall–Kier alpha value is -2.24. The van der Waals surface area contributed by atoms with Crippen LogP contribution in [0.5, 0.6) is 5.75 Å². The van der Waals surface area contributed by atoms with Gasteiger partial charge >= 0.3 is 12.0 Å². The standard InChI is InChI=1S/C14H20N2O4/c1-4-20-12-7-5-6-11(8-12)15-14(19)16(3)9-10(2)13(17)18/h5-8,10H,4,9H2,1-3H3,(H,15,19)(H,17,18). The number of benzene rings is 1. The molecule has 0 aliphatic carbocycles. The topological polar surface area (TPSA) is 78.9 Å². The fraction of sp³-hybridized carbons (Fsp3) is 0.429. The minimum atomic E-state index is -0.928. The van der Waals surface area contributed by atoms with Crippen LogP contribution in [0.4, 0.5) is 10.5 Å². The highest BCUT2D eigenvalue weighted by atomic mass is 16.5. The molecule has 0 radical (unpaired) electrons. The highest BCUT2D eigenvalue weighted by Crippen LogP contribution is 2.17. The first kappa shape index (κ1) is 15.8. The van der Waals surface area contributed by atoms with Crippen LogP contribution in [-0.2, 0) is 4.79 Å². The Labute approximate surface area is 118 Å². The first-order valence-corrected chi connectivity index (χ1v) is 6.41. The summed E-state index contributed by atoms with van der Waals surface area (Å²) in [5.41, 5.74) is 0.607. The number of amides is 2. The highest BCUT2D eigenvalue weighted by molar-refractivity contribution is 5.89. The summed E-state index contributed by atoms with van der Waals surface area (Å²) < 4.78 is 5.34. The number of carbonyl (C=O) groups is 2. The maximum Gasteiger partial charge on any atom is 0.321 e. The fourth-order valence-electron chi connectivity index (χ4n) is 1.62. The van der Waals surface area contributed by atoms with E-state index in [1.807, 2.05) is 6.92 Å². The molecule has 0 spiro atoms. The van der Waals surface area contributed by atoms with Crippen LogP contribution >= 0.6 is 0 Å². The van der Waals surface area contributed by atoms with Crippen LogP contribution in [-0.4, -0.2) is 42.2 Å². The monoisotopic (exact) mass is 280 g/mol. The van der Waals surface area contributed by atoms with Crippen molar-refractivity contribution in [1.29, 1.82) is 0 Å². The summed E-state index contributed by atoms with van der Waals surface area (Å²) >= 11 is 0. The van der Waals surface area contributed by atoms with Gasteiger partial charge in [-0.1, -0.05) is 13.0 Å². The van der Waals surface area contributed by atoms with Crippen molar-refractivity contribution in [3.05, 3.63) is 24.3 Å². The zero-order valence-electron chi connectivity index (χ0n) is 11.9. The second-order valence-corrected chi connectivity index (χ2v) is 4.51. The van der Waals surface area contributed by atoms with Crippen molar-refractivity contribution in [1.82, 2.24) is 4.90 Å².